The van der Waals surface area contributed by atoms with Crippen molar-refractivity contribution in [3.05, 3.63) is 54.1 Å². The van der Waals surface area contributed by atoms with Crippen molar-refractivity contribution in [2.45, 2.75) is 19.8 Å². The van der Waals surface area contributed by atoms with E-state index < -0.39 is 11.4 Å². The Hall–Kier alpha value is -3.35. The molecule has 0 heterocycles. The molecule has 0 radical (unpaired) electrons. The summed E-state index contributed by atoms with van der Waals surface area (Å²) in [6.45, 7) is 2.03. The number of nitrogens with one attached hydrogen (secondary N) is 2. The Labute approximate surface area is 163 Å². The molecular weight excluding hydrogens is 360 g/mol. The molecule has 2 aromatic carbocycles. The first kappa shape index (κ1) is 19.4. The zero-order chi connectivity index (χ0) is 20.1. The Morgan fingerprint density at radius 3 is 1.82 bits per heavy atom. The minimum atomic E-state index is -1.07. The highest BCUT2D eigenvalue weighted by Crippen LogP contribution is 2.47. The molecule has 0 aromatic heterocycles. The zero-order valence-corrected chi connectivity index (χ0v) is 15.8. The molecule has 3 rings (SSSR count). The minimum Gasteiger partial charge on any atom is -0.497 e. The van der Waals surface area contributed by atoms with Crippen molar-refractivity contribution in [3.63, 3.8) is 0 Å². The molecule has 7 nitrogen and oxygen atoms in total. The SMILES string of the molecule is CCOC(=O)c1ccc(NC(=O)C2(C(=O)Nc3ccc(OC)cc3)CC2)cc1. The number of rotatable bonds is 7. The van der Waals surface area contributed by atoms with Gasteiger partial charge < -0.3 is 20.1 Å². The summed E-state index contributed by atoms with van der Waals surface area (Å²) in [4.78, 5) is 37.0. The van der Waals surface area contributed by atoms with E-state index in [2.05, 4.69) is 10.6 Å². The van der Waals surface area contributed by atoms with Crippen LogP contribution >= 0.6 is 0 Å². The monoisotopic (exact) mass is 382 g/mol. The molecule has 7 heteroatoms. The highest BCUT2D eigenvalue weighted by atomic mass is 16.5. The number of carbonyl (C=O) groups excluding carboxylic acids is 3. The number of ether oxygens (including phenoxy) is 2. The van der Waals surface area contributed by atoms with Crippen LogP contribution in [-0.4, -0.2) is 31.5 Å². The lowest BCUT2D eigenvalue weighted by molar-refractivity contribution is -0.131. The van der Waals surface area contributed by atoms with E-state index in [1.54, 1.807) is 62.6 Å². The molecule has 0 aliphatic heterocycles. The van der Waals surface area contributed by atoms with Crippen LogP contribution in [0.2, 0.25) is 0 Å². The number of carbonyl (C=O) groups is 3. The number of hydrogen-bond donors (Lipinski definition) is 2. The van der Waals surface area contributed by atoms with Crippen LogP contribution in [0.4, 0.5) is 11.4 Å². The molecule has 0 saturated heterocycles. The molecule has 1 aliphatic carbocycles. The van der Waals surface area contributed by atoms with E-state index >= 15 is 0 Å². The Morgan fingerprint density at radius 1 is 0.893 bits per heavy atom. The molecule has 2 amide bonds. The van der Waals surface area contributed by atoms with E-state index in [9.17, 15) is 14.4 Å². The van der Waals surface area contributed by atoms with Crippen LogP contribution in [0.15, 0.2) is 48.5 Å². The van der Waals surface area contributed by atoms with Gasteiger partial charge in [0.15, 0.2) is 0 Å². The average Bonchev–Trinajstić information content (AvgIpc) is 3.51. The summed E-state index contributed by atoms with van der Waals surface area (Å²) in [5.74, 6) is -0.429. The van der Waals surface area contributed by atoms with Crippen molar-refractivity contribution >= 4 is 29.2 Å². The van der Waals surface area contributed by atoms with Gasteiger partial charge in [-0.05, 0) is 68.3 Å². The van der Waals surface area contributed by atoms with Crippen molar-refractivity contribution in [3.8, 4) is 5.75 Å². The van der Waals surface area contributed by atoms with E-state index in [4.69, 9.17) is 9.47 Å². The molecule has 2 aromatic rings. The van der Waals surface area contributed by atoms with Crippen LogP contribution in [0, 0.1) is 5.41 Å². The summed E-state index contributed by atoms with van der Waals surface area (Å²) >= 11 is 0. The number of hydrogen-bond acceptors (Lipinski definition) is 5. The summed E-state index contributed by atoms with van der Waals surface area (Å²) in [7, 11) is 1.57. The first-order chi connectivity index (χ1) is 13.5. The molecular formula is C21H22N2O5. The van der Waals surface area contributed by atoms with Gasteiger partial charge in [0, 0.05) is 11.4 Å². The molecule has 2 N–H and O–H groups in total. The second kappa shape index (κ2) is 8.12. The van der Waals surface area contributed by atoms with Crippen LogP contribution in [0.3, 0.4) is 0 Å². The van der Waals surface area contributed by atoms with Crippen molar-refractivity contribution < 1.29 is 23.9 Å². The Bertz CT molecular complexity index is 871. The third kappa shape index (κ3) is 4.14. The fourth-order valence-electron chi connectivity index (χ4n) is 2.76. The molecule has 0 bridgehead atoms. The van der Waals surface area contributed by atoms with Crippen LogP contribution in [0.5, 0.6) is 5.75 Å². The number of amides is 2. The smallest absolute Gasteiger partial charge is 0.338 e. The van der Waals surface area contributed by atoms with Crippen LogP contribution < -0.4 is 15.4 Å². The number of esters is 1. The second-order valence-corrected chi connectivity index (χ2v) is 6.52. The molecule has 0 spiro atoms. The van der Waals surface area contributed by atoms with E-state index in [1.165, 1.54) is 0 Å². The van der Waals surface area contributed by atoms with Gasteiger partial charge in [-0.2, -0.15) is 0 Å². The zero-order valence-electron chi connectivity index (χ0n) is 15.8. The van der Waals surface area contributed by atoms with Crippen molar-refractivity contribution in [2.75, 3.05) is 24.4 Å². The van der Waals surface area contributed by atoms with E-state index in [0.717, 1.165) is 0 Å². The lowest BCUT2D eigenvalue weighted by Gasteiger charge is -2.16. The topological polar surface area (TPSA) is 93.7 Å². The van der Waals surface area contributed by atoms with Gasteiger partial charge in [0.2, 0.25) is 11.8 Å². The summed E-state index contributed by atoms with van der Waals surface area (Å²) in [6.07, 6.45) is 0.976. The number of methoxy groups -OCH3 is 1. The third-order valence-corrected chi connectivity index (χ3v) is 4.62. The standard InChI is InChI=1S/C21H22N2O5/c1-3-28-18(24)14-4-6-15(7-5-14)22-19(25)21(12-13-21)20(26)23-16-8-10-17(27-2)11-9-16/h4-11H,3,12-13H2,1-2H3,(H,22,25)(H,23,26). The molecule has 0 unspecified atom stereocenters. The predicted molar refractivity (Wildman–Crippen MR) is 104 cm³/mol. The first-order valence-electron chi connectivity index (χ1n) is 9.02. The maximum Gasteiger partial charge on any atom is 0.338 e. The number of anilines is 2. The lowest BCUT2D eigenvalue weighted by atomic mass is 10.0. The molecule has 28 heavy (non-hydrogen) atoms. The van der Waals surface area contributed by atoms with Gasteiger partial charge >= 0.3 is 5.97 Å². The Balaban J connectivity index is 1.62. The lowest BCUT2D eigenvalue weighted by Crippen LogP contribution is -2.35. The van der Waals surface area contributed by atoms with Gasteiger partial charge in [0.05, 0.1) is 19.3 Å². The van der Waals surface area contributed by atoms with Crippen molar-refractivity contribution in [1.82, 2.24) is 0 Å². The highest BCUT2D eigenvalue weighted by Gasteiger charge is 2.56. The van der Waals surface area contributed by atoms with E-state index in [-0.39, 0.29) is 11.8 Å². The van der Waals surface area contributed by atoms with Gasteiger partial charge in [-0.25, -0.2) is 4.79 Å². The molecule has 1 aliphatic rings. The molecule has 1 fully saturated rings. The highest BCUT2D eigenvalue weighted by molar-refractivity contribution is 6.17. The van der Waals surface area contributed by atoms with E-state index in [1.807, 2.05) is 0 Å². The summed E-state index contributed by atoms with van der Waals surface area (Å²) < 4.78 is 10.0. The maximum atomic E-state index is 12.7. The number of benzene rings is 2. The molecule has 1 saturated carbocycles. The van der Waals surface area contributed by atoms with Crippen molar-refractivity contribution in [2.24, 2.45) is 5.41 Å². The fourth-order valence-corrected chi connectivity index (χ4v) is 2.76. The molecule has 0 atom stereocenters. The minimum absolute atomic E-state index is 0.295. The Morgan fingerprint density at radius 2 is 1.39 bits per heavy atom. The second-order valence-electron chi connectivity index (χ2n) is 6.52. The first-order valence-corrected chi connectivity index (χ1v) is 9.02. The molecule has 146 valence electrons. The van der Waals surface area contributed by atoms with E-state index in [0.29, 0.717) is 42.1 Å². The van der Waals surface area contributed by atoms with Crippen LogP contribution in [0.25, 0.3) is 0 Å². The van der Waals surface area contributed by atoms with Gasteiger partial charge in [0.1, 0.15) is 11.2 Å². The van der Waals surface area contributed by atoms with Gasteiger partial charge in [0.25, 0.3) is 0 Å². The average molecular weight is 382 g/mol. The van der Waals surface area contributed by atoms with Crippen LogP contribution in [-0.2, 0) is 14.3 Å². The maximum absolute atomic E-state index is 12.7. The summed E-state index contributed by atoms with van der Waals surface area (Å²) in [5.41, 5.74) is 0.447. The summed E-state index contributed by atoms with van der Waals surface area (Å²) in [6, 6.07) is 13.3. The van der Waals surface area contributed by atoms with Crippen LogP contribution in [0.1, 0.15) is 30.1 Å². The summed E-state index contributed by atoms with van der Waals surface area (Å²) in [5, 5.41) is 5.54. The Kier molecular flexibility index (Phi) is 5.63. The van der Waals surface area contributed by atoms with Gasteiger partial charge in [-0.1, -0.05) is 0 Å². The van der Waals surface area contributed by atoms with Gasteiger partial charge in [-0.15, -0.1) is 0 Å². The predicted octanol–water partition coefficient (Wildman–Crippen LogP) is 3.23. The normalized spacial score (nSPS) is 13.9. The van der Waals surface area contributed by atoms with Gasteiger partial charge in [-0.3, -0.25) is 9.59 Å². The van der Waals surface area contributed by atoms with Crippen molar-refractivity contribution in [1.29, 1.82) is 0 Å². The quantitative estimate of drug-likeness (QED) is 0.566. The third-order valence-electron chi connectivity index (χ3n) is 4.62. The fraction of sp³-hybridized carbons (Fsp3) is 0.286. The largest absolute Gasteiger partial charge is 0.497 e.